The normalized spacial score (nSPS) is 19.1. The number of nitrogens with zero attached hydrogens (tertiary/aromatic N) is 5. The number of H-pyrrole nitrogens is 1. The zero-order valence-electron chi connectivity index (χ0n) is 18.4. The molecule has 1 saturated heterocycles. The molecule has 6 rings (SSSR count). The lowest BCUT2D eigenvalue weighted by Crippen LogP contribution is -2.49. The molecule has 3 aliphatic rings. The summed E-state index contributed by atoms with van der Waals surface area (Å²) in [4.78, 5) is 32.6. The molecule has 11 nitrogen and oxygen atoms in total. The van der Waals surface area contributed by atoms with Crippen molar-refractivity contribution in [2.45, 2.75) is 24.2 Å². The fourth-order valence-corrected chi connectivity index (χ4v) is 5.38. The molecule has 1 fully saturated rings. The van der Waals surface area contributed by atoms with Crippen molar-refractivity contribution >= 4 is 44.7 Å². The Balaban J connectivity index is 1.58. The van der Waals surface area contributed by atoms with Crippen LogP contribution in [0.25, 0.3) is 11.0 Å². The van der Waals surface area contributed by atoms with Crippen LogP contribution in [-0.2, 0) is 14.8 Å². The monoisotopic (exact) mass is 483 g/mol. The number of hydrogen-bond donors (Lipinski definition) is 3. The van der Waals surface area contributed by atoms with E-state index in [1.807, 2.05) is 4.90 Å². The molecule has 4 bridgehead atoms. The molecule has 0 spiro atoms. The summed E-state index contributed by atoms with van der Waals surface area (Å²) in [5.74, 6) is 0.604. The Bertz CT molecular complexity index is 1360. The second kappa shape index (κ2) is 9.03. The molecule has 1 amide bonds. The van der Waals surface area contributed by atoms with E-state index >= 15 is 0 Å². The van der Waals surface area contributed by atoms with Gasteiger partial charge < -0.3 is 19.9 Å². The van der Waals surface area contributed by atoms with E-state index in [4.69, 9.17) is 0 Å². The number of sulfonamides is 1. The van der Waals surface area contributed by atoms with Gasteiger partial charge in [-0.2, -0.15) is 0 Å². The maximum absolute atomic E-state index is 12.7. The Morgan fingerprint density at radius 1 is 1.03 bits per heavy atom. The molecule has 0 aliphatic carbocycles. The average Bonchev–Trinajstić information content (AvgIpc) is 3.17. The zero-order chi connectivity index (χ0) is 23.7. The quantitative estimate of drug-likeness (QED) is 0.440. The fourth-order valence-electron chi connectivity index (χ4n) is 4.27. The third kappa shape index (κ3) is 4.33. The van der Waals surface area contributed by atoms with Crippen LogP contribution in [0.2, 0.25) is 0 Å². The lowest BCUT2D eigenvalue weighted by atomic mass is 10.2. The first-order valence-corrected chi connectivity index (χ1v) is 12.6. The van der Waals surface area contributed by atoms with Crippen molar-refractivity contribution < 1.29 is 18.3 Å². The van der Waals surface area contributed by atoms with Gasteiger partial charge in [0.15, 0.2) is 5.88 Å². The number of amides is 1. The predicted octanol–water partition coefficient (Wildman–Crippen LogP) is 1.52. The van der Waals surface area contributed by atoms with E-state index < -0.39 is 10.0 Å². The highest BCUT2D eigenvalue weighted by Crippen LogP contribution is 2.32. The molecule has 5 heterocycles. The molecular formula is C22H25N7O4S. The molecule has 0 radical (unpaired) electrons. The molecule has 1 aromatic carbocycles. The number of aliphatic imine (C=N–C) groups is 1. The number of fused-ring (bicyclic) bond motifs is 8. The van der Waals surface area contributed by atoms with Gasteiger partial charge in [0.05, 0.1) is 21.5 Å². The van der Waals surface area contributed by atoms with Crippen LogP contribution >= 0.6 is 0 Å². The van der Waals surface area contributed by atoms with E-state index in [0.29, 0.717) is 73.5 Å². The van der Waals surface area contributed by atoms with E-state index in [-0.39, 0.29) is 23.2 Å². The minimum Gasteiger partial charge on any atom is -0.494 e. The number of carbonyl (C=O) groups excluding carboxylic acids is 1. The SMILES string of the molecule is O=C1CCCCNS(=O)(=O)c2cccc(c2)N=Cc2c(O)[nH]c3ncnc(c23)N2CCN1CC2. The van der Waals surface area contributed by atoms with Crippen molar-refractivity contribution in [2.24, 2.45) is 4.99 Å². The third-order valence-corrected chi connectivity index (χ3v) is 7.56. The molecule has 0 saturated carbocycles. The molecule has 12 heteroatoms. The van der Waals surface area contributed by atoms with Crippen LogP contribution in [0.4, 0.5) is 11.5 Å². The Kier molecular flexibility index (Phi) is 5.92. The number of aromatic amines is 1. The van der Waals surface area contributed by atoms with Gasteiger partial charge in [0.1, 0.15) is 17.8 Å². The summed E-state index contributed by atoms with van der Waals surface area (Å²) >= 11 is 0. The smallest absolute Gasteiger partial charge is 0.240 e. The van der Waals surface area contributed by atoms with Crippen LogP contribution in [0, 0.1) is 0 Å². The molecule has 0 unspecified atom stereocenters. The molecule has 3 N–H and O–H groups in total. The Morgan fingerprint density at radius 2 is 1.82 bits per heavy atom. The van der Waals surface area contributed by atoms with E-state index in [1.54, 1.807) is 12.1 Å². The fraction of sp³-hybridized carbons (Fsp3) is 0.364. The van der Waals surface area contributed by atoms with Crippen molar-refractivity contribution in [1.82, 2.24) is 24.6 Å². The highest BCUT2D eigenvalue weighted by atomic mass is 32.2. The van der Waals surface area contributed by atoms with Crippen LogP contribution in [0.5, 0.6) is 5.88 Å². The van der Waals surface area contributed by atoms with Gasteiger partial charge in [-0.3, -0.25) is 9.79 Å². The number of aromatic hydroxyl groups is 1. The summed E-state index contributed by atoms with van der Waals surface area (Å²) in [6.45, 7) is 2.57. The number of aromatic nitrogens is 3. The number of hydrogen-bond acceptors (Lipinski definition) is 8. The summed E-state index contributed by atoms with van der Waals surface area (Å²) in [5.41, 5.74) is 1.30. The topological polar surface area (TPSA) is 144 Å². The molecule has 3 aromatic rings. The summed E-state index contributed by atoms with van der Waals surface area (Å²) < 4.78 is 28.0. The summed E-state index contributed by atoms with van der Waals surface area (Å²) in [6, 6.07) is 6.27. The number of carbonyl (C=O) groups is 1. The Labute approximate surface area is 196 Å². The van der Waals surface area contributed by atoms with Gasteiger partial charge >= 0.3 is 0 Å². The molecular weight excluding hydrogens is 458 g/mol. The van der Waals surface area contributed by atoms with Gasteiger partial charge in [-0.15, -0.1) is 0 Å². The standard InChI is InChI=1S/C22H25N7O4S/c30-18-6-1-2-7-26-34(32,33)16-5-3-4-15(12-16)23-13-17-19-20(27-22(17)31)24-14-25-21(19)29-10-8-28(18)9-11-29/h3-5,12-14,26,31H,1-2,6-11H2,(H,24,25,27). The number of benzene rings is 1. The second-order valence-corrected chi connectivity index (χ2v) is 10.1. The van der Waals surface area contributed by atoms with Crippen molar-refractivity contribution in [3.8, 4) is 5.88 Å². The average molecular weight is 484 g/mol. The van der Waals surface area contributed by atoms with Gasteiger partial charge in [0, 0.05) is 45.4 Å². The van der Waals surface area contributed by atoms with Crippen molar-refractivity contribution in [1.29, 1.82) is 0 Å². The van der Waals surface area contributed by atoms with Crippen molar-refractivity contribution in [2.75, 3.05) is 37.6 Å². The lowest BCUT2D eigenvalue weighted by molar-refractivity contribution is -0.131. The summed E-state index contributed by atoms with van der Waals surface area (Å²) in [5, 5.41) is 11.2. The third-order valence-electron chi connectivity index (χ3n) is 6.10. The van der Waals surface area contributed by atoms with Gasteiger partial charge in [0.25, 0.3) is 0 Å². The van der Waals surface area contributed by atoms with Crippen LogP contribution in [0.3, 0.4) is 0 Å². The van der Waals surface area contributed by atoms with Gasteiger partial charge in [0.2, 0.25) is 15.9 Å². The number of rotatable bonds is 0. The molecule has 0 atom stereocenters. The van der Waals surface area contributed by atoms with Crippen LogP contribution < -0.4 is 9.62 Å². The van der Waals surface area contributed by atoms with Crippen LogP contribution in [0.1, 0.15) is 24.8 Å². The molecule has 2 aromatic heterocycles. The largest absolute Gasteiger partial charge is 0.494 e. The van der Waals surface area contributed by atoms with E-state index in [0.717, 1.165) is 0 Å². The Hall–Kier alpha value is -3.51. The molecule has 178 valence electrons. The summed E-state index contributed by atoms with van der Waals surface area (Å²) in [6.07, 6.45) is 4.45. The first-order chi connectivity index (χ1) is 16.4. The second-order valence-electron chi connectivity index (χ2n) is 8.29. The zero-order valence-corrected chi connectivity index (χ0v) is 19.3. The number of nitrogens with one attached hydrogen (secondary N) is 2. The van der Waals surface area contributed by atoms with Gasteiger partial charge in [-0.1, -0.05) is 6.07 Å². The number of anilines is 1. The van der Waals surface area contributed by atoms with Gasteiger partial charge in [-0.05, 0) is 31.0 Å². The highest BCUT2D eigenvalue weighted by Gasteiger charge is 2.25. The van der Waals surface area contributed by atoms with E-state index in [1.165, 1.54) is 24.7 Å². The van der Waals surface area contributed by atoms with Crippen LogP contribution in [0.15, 0.2) is 40.5 Å². The first-order valence-electron chi connectivity index (χ1n) is 11.1. The van der Waals surface area contributed by atoms with Crippen LogP contribution in [-0.4, -0.2) is 78.2 Å². The maximum atomic E-state index is 12.7. The lowest BCUT2D eigenvalue weighted by Gasteiger charge is -2.35. The highest BCUT2D eigenvalue weighted by molar-refractivity contribution is 7.89. The summed E-state index contributed by atoms with van der Waals surface area (Å²) in [7, 11) is -3.72. The maximum Gasteiger partial charge on any atom is 0.240 e. The van der Waals surface area contributed by atoms with E-state index in [2.05, 4.69) is 29.6 Å². The Morgan fingerprint density at radius 3 is 2.65 bits per heavy atom. The predicted molar refractivity (Wildman–Crippen MR) is 127 cm³/mol. The first kappa shape index (κ1) is 22.3. The van der Waals surface area contributed by atoms with Gasteiger partial charge in [-0.25, -0.2) is 23.1 Å². The minimum absolute atomic E-state index is 0.0630. The van der Waals surface area contributed by atoms with E-state index in [9.17, 15) is 18.3 Å². The number of piperazine rings is 1. The molecule has 34 heavy (non-hydrogen) atoms. The minimum atomic E-state index is -3.72. The van der Waals surface area contributed by atoms with Crippen molar-refractivity contribution in [3.63, 3.8) is 0 Å². The molecule has 3 aliphatic heterocycles. The van der Waals surface area contributed by atoms with Crippen molar-refractivity contribution in [3.05, 3.63) is 36.2 Å².